The number of benzene rings is 1. The Balaban J connectivity index is 2.06. The molecule has 1 aliphatic heterocycles. The molecular formula is C13H18FNO. The van der Waals surface area contributed by atoms with Crippen molar-refractivity contribution in [2.24, 2.45) is 0 Å². The molecule has 3 heteroatoms. The Hall–Kier alpha value is -1.09. The van der Waals surface area contributed by atoms with Gasteiger partial charge in [-0.25, -0.2) is 4.39 Å². The lowest BCUT2D eigenvalue weighted by atomic mass is 10.1. The fourth-order valence-electron chi connectivity index (χ4n) is 1.95. The number of hydrogen-bond acceptors (Lipinski definition) is 2. The van der Waals surface area contributed by atoms with Crippen LogP contribution in [0.25, 0.3) is 0 Å². The number of nitrogens with one attached hydrogen (secondary N) is 1. The minimum atomic E-state index is -0.254. The second kappa shape index (κ2) is 5.30. The van der Waals surface area contributed by atoms with Gasteiger partial charge in [0.25, 0.3) is 0 Å². The monoisotopic (exact) mass is 223 g/mol. The summed E-state index contributed by atoms with van der Waals surface area (Å²) >= 11 is 0. The second-order valence-corrected chi connectivity index (χ2v) is 4.19. The molecule has 0 bridgehead atoms. The fourth-order valence-corrected chi connectivity index (χ4v) is 1.95. The Morgan fingerprint density at radius 1 is 1.38 bits per heavy atom. The molecule has 1 aliphatic rings. The number of halogens is 1. The highest BCUT2D eigenvalue weighted by molar-refractivity contribution is 5.30. The Morgan fingerprint density at radius 3 is 2.81 bits per heavy atom. The van der Waals surface area contributed by atoms with Crippen LogP contribution >= 0.6 is 0 Å². The molecule has 1 saturated heterocycles. The average Bonchev–Trinajstić information content (AvgIpc) is 2.33. The Bertz CT molecular complexity index is 348. The van der Waals surface area contributed by atoms with Gasteiger partial charge in [-0.2, -0.15) is 0 Å². The summed E-state index contributed by atoms with van der Waals surface area (Å²) in [5.74, 6) is 0.155. The third-order valence-corrected chi connectivity index (χ3v) is 2.98. The molecule has 1 aromatic carbocycles. The van der Waals surface area contributed by atoms with Crippen LogP contribution in [0, 0.1) is 5.82 Å². The van der Waals surface area contributed by atoms with Crippen molar-refractivity contribution in [2.75, 3.05) is 13.1 Å². The SMILES string of the molecule is CCc1ccc(F)c(OC2CCNCC2)c1. The summed E-state index contributed by atoms with van der Waals surface area (Å²) < 4.78 is 19.2. The molecule has 0 atom stereocenters. The molecule has 0 spiro atoms. The van der Waals surface area contributed by atoms with Crippen molar-refractivity contribution in [1.82, 2.24) is 5.32 Å². The first-order chi connectivity index (χ1) is 7.79. The van der Waals surface area contributed by atoms with Gasteiger partial charge in [0.2, 0.25) is 0 Å². The summed E-state index contributed by atoms with van der Waals surface area (Å²) in [5.41, 5.74) is 1.12. The first kappa shape index (κ1) is 11.4. The van der Waals surface area contributed by atoms with Gasteiger partial charge >= 0.3 is 0 Å². The molecule has 0 saturated carbocycles. The van der Waals surface area contributed by atoms with E-state index in [0.717, 1.165) is 37.9 Å². The molecule has 1 aromatic rings. The van der Waals surface area contributed by atoms with E-state index >= 15 is 0 Å². The molecule has 0 aromatic heterocycles. The highest BCUT2D eigenvalue weighted by Gasteiger charge is 2.16. The third-order valence-electron chi connectivity index (χ3n) is 2.98. The van der Waals surface area contributed by atoms with Crippen LogP contribution in [0.2, 0.25) is 0 Å². The minimum Gasteiger partial charge on any atom is -0.487 e. The molecule has 2 rings (SSSR count). The van der Waals surface area contributed by atoms with Crippen LogP contribution in [0.3, 0.4) is 0 Å². The summed E-state index contributed by atoms with van der Waals surface area (Å²) in [6, 6.07) is 5.12. The van der Waals surface area contributed by atoms with Crippen molar-refractivity contribution in [3.63, 3.8) is 0 Å². The predicted molar refractivity (Wildman–Crippen MR) is 62.3 cm³/mol. The van der Waals surface area contributed by atoms with Crippen LogP contribution in [-0.2, 0) is 6.42 Å². The highest BCUT2D eigenvalue weighted by atomic mass is 19.1. The van der Waals surface area contributed by atoms with E-state index in [1.165, 1.54) is 6.07 Å². The normalized spacial score (nSPS) is 17.4. The van der Waals surface area contributed by atoms with Crippen LogP contribution in [0.1, 0.15) is 25.3 Å². The zero-order valence-corrected chi connectivity index (χ0v) is 9.63. The van der Waals surface area contributed by atoms with E-state index in [-0.39, 0.29) is 11.9 Å². The van der Waals surface area contributed by atoms with Crippen molar-refractivity contribution >= 4 is 0 Å². The van der Waals surface area contributed by atoms with Gasteiger partial charge in [-0.05, 0) is 50.0 Å². The van der Waals surface area contributed by atoms with E-state index in [9.17, 15) is 4.39 Å². The van der Waals surface area contributed by atoms with E-state index in [1.807, 2.05) is 12.1 Å². The van der Waals surface area contributed by atoms with E-state index in [0.29, 0.717) is 5.75 Å². The second-order valence-electron chi connectivity index (χ2n) is 4.19. The first-order valence-electron chi connectivity index (χ1n) is 5.95. The van der Waals surface area contributed by atoms with Crippen molar-refractivity contribution in [3.8, 4) is 5.75 Å². The van der Waals surface area contributed by atoms with Gasteiger partial charge in [-0.15, -0.1) is 0 Å². The largest absolute Gasteiger partial charge is 0.487 e. The van der Waals surface area contributed by atoms with Crippen molar-refractivity contribution in [1.29, 1.82) is 0 Å². The summed E-state index contributed by atoms with van der Waals surface area (Å²) in [5, 5.41) is 3.26. The zero-order valence-electron chi connectivity index (χ0n) is 9.63. The summed E-state index contributed by atoms with van der Waals surface area (Å²) in [4.78, 5) is 0. The van der Waals surface area contributed by atoms with Crippen molar-refractivity contribution < 1.29 is 9.13 Å². The lowest BCUT2D eigenvalue weighted by Gasteiger charge is -2.24. The quantitative estimate of drug-likeness (QED) is 0.850. The Labute approximate surface area is 95.8 Å². The van der Waals surface area contributed by atoms with E-state index < -0.39 is 0 Å². The van der Waals surface area contributed by atoms with E-state index in [4.69, 9.17) is 4.74 Å². The van der Waals surface area contributed by atoms with Gasteiger partial charge < -0.3 is 10.1 Å². The first-order valence-corrected chi connectivity index (χ1v) is 5.95. The van der Waals surface area contributed by atoms with Crippen LogP contribution in [0.5, 0.6) is 5.75 Å². The van der Waals surface area contributed by atoms with Crippen LogP contribution < -0.4 is 10.1 Å². The molecule has 0 amide bonds. The Morgan fingerprint density at radius 2 is 2.12 bits per heavy atom. The maximum Gasteiger partial charge on any atom is 0.165 e. The van der Waals surface area contributed by atoms with Crippen LogP contribution in [0.4, 0.5) is 4.39 Å². The number of rotatable bonds is 3. The van der Waals surface area contributed by atoms with Gasteiger partial charge in [-0.3, -0.25) is 0 Å². The van der Waals surface area contributed by atoms with Gasteiger partial charge in [-0.1, -0.05) is 13.0 Å². The molecule has 1 N–H and O–H groups in total. The van der Waals surface area contributed by atoms with Crippen LogP contribution in [0.15, 0.2) is 18.2 Å². The molecule has 1 fully saturated rings. The van der Waals surface area contributed by atoms with E-state index in [1.54, 1.807) is 0 Å². The number of aryl methyl sites for hydroxylation is 1. The molecule has 0 aliphatic carbocycles. The highest BCUT2D eigenvalue weighted by Crippen LogP contribution is 2.22. The maximum atomic E-state index is 13.5. The summed E-state index contributed by atoms with van der Waals surface area (Å²) in [7, 11) is 0. The molecule has 16 heavy (non-hydrogen) atoms. The molecule has 88 valence electrons. The molecular weight excluding hydrogens is 205 g/mol. The minimum absolute atomic E-state index is 0.155. The maximum absolute atomic E-state index is 13.5. The molecule has 0 radical (unpaired) electrons. The lowest BCUT2D eigenvalue weighted by Crippen LogP contribution is -2.34. The number of ether oxygens (including phenoxy) is 1. The van der Waals surface area contributed by atoms with Crippen molar-refractivity contribution in [2.45, 2.75) is 32.3 Å². The van der Waals surface area contributed by atoms with Crippen LogP contribution in [-0.4, -0.2) is 19.2 Å². The predicted octanol–water partition coefficient (Wildman–Crippen LogP) is 2.52. The van der Waals surface area contributed by atoms with E-state index in [2.05, 4.69) is 12.2 Å². The zero-order chi connectivity index (χ0) is 11.4. The van der Waals surface area contributed by atoms with Gasteiger partial charge in [0.1, 0.15) is 6.10 Å². The number of hydrogen-bond donors (Lipinski definition) is 1. The smallest absolute Gasteiger partial charge is 0.165 e. The average molecular weight is 223 g/mol. The Kier molecular flexibility index (Phi) is 3.78. The number of piperidine rings is 1. The van der Waals surface area contributed by atoms with Crippen molar-refractivity contribution in [3.05, 3.63) is 29.6 Å². The molecule has 0 unspecified atom stereocenters. The summed E-state index contributed by atoms with van der Waals surface area (Å²) in [6.07, 6.45) is 2.97. The topological polar surface area (TPSA) is 21.3 Å². The van der Waals surface area contributed by atoms with Gasteiger partial charge in [0.15, 0.2) is 11.6 Å². The molecule has 1 heterocycles. The van der Waals surface area contributed by atoms with Gasteiger partial charge in [0, 0.05) is 0 Å². The lowest BCUT2D eigenvalue weighted by molar-refractivity contribution is 0.156. The van der Waals surface area contributed by atoms with Gasteiger partial charge in [0.05, 0.1) is 0 Å². The summed E-state index contributed by atoms with van der Waals surface area (Å²) in [6.45, 7) is 3.97. The fraction of sp³-hybridized carbons (Fsp3) is 0.538. The molecule has 2 nitrogen and oxygen atoms in total. The standard InChI is InChI=1S/C13H18FNO/c1-2-10-3-4-12(14)13(9-10)16-11-5-7-15-8-6-11/h3-4,9,11,15H,2,5-8H2,1H3. The third kappa shape index (κ3) is 2.73.